The second-order valence-corrected chi connectivity index (χ2v) is 4.96. The van der Waals surface area contributed by atoms with E-state index in [0.717, 1.165) is 37.0 Å². The van der Waals surface area contributed by atoms with Crippen LogP contribution in [0.2, 0.25) is 0 Å². The maximum atomic E-state index is 5.62. The van der Waals surface area contributed by atoms with Crippen molar-refractivity contribution in [2.75, 3.05) is 18.5 Å². The molecule has 0 amide bonds. The van der Waals surface area contributed by atoms with Crippen LogP contribution in [0.15, 0.2) is 12.4 Å². The largest absolute Gasteiger partial charge is 0.375 e. The maximum absolute atomic E-state index is 5.62. The van der Waals surface area contributed by atoms with E-state index in [0.29, 0.717) is 6.61 Å². The maximum Gasteiger partial charge on any atom is 0.144 e. The molecule has 0 radical (unpaired) electrons. The molecule has 1 heterocycles. The fourth-order valence-corrected chi connectivity index (χ4v) is 1.98. The van der Waals surface area contributed by atoms with E-state index in [2.05, 4.69) is 22.2 Å². The lowest BCUT2D eigenvalue weighted by Crippen LogP contribution is -2.13. The molecule has 1 aromatic heterocycles. The van der Waals surface area contributed by atoms with Gasteiger partial charge < -0.3 is 10.1 Å². The molecule has 0 atom stereocenters. The van der Waals surface area contributed by atoms with Gasteiger partial charge >= 0.3 is 0 Å². The van der Waals surface area contributed by atoms with Crippen molar-refractivity contribution in [1.82, 2.24) is 9.97 Å². The van der Waals surface area contributed by atoms with E-state index >= 15 is 0 Å². The zero-order valence-corrected chi connectivity index (χ0v) is 11.2. The summed E-state index contributed by atoms with van der Waals surface area (Å²) in [6, 6.07) is 0. The molecule has 0 saturated heterocycles. The van der Waals surface area contributed by atoms with Gasteiger partial charge in [-0.05, 0) is 18.8 Å². The Morgan fingerprint density at radius 2 is 2.22 bits per heavy atom. The Balaban J connectivity index is 1.62. The number of rotatable bonds is 8. The summed E-state index contributed by atoms with van der Waals surface area (Å²) >= 11 is 0. The summed E-state index contributed by atoms with van der Waals surface area (Å²) in [7, 11) is 0. The minimum absolute atomic E-state index is 0.577. The highest BCUT2D eigenvalue weighted by molar-refractivity contribution is 5.30. The van der Waals surface area contributed by atoms with Crippen LogP contribution in [0, 0.1) is 5.92 Å². The second-order valence-electron chi connectivity index (χ2n) is 4.96. The average molecular weight is 249 g/mol. The quantitative estimate of drug-likeness (QED) is 0.719. The molecule has 18 heavy (non-hydrogen) atoms. The van der Waals surface area contributed by atoms with Crippen molar-refractivity contribution in [3.63, 3.8) is 0 Å². The molecule has 0 aromatic carbocycles. The fraction of sp³-hybridized carbons (Fsp3) is 0.714. The summed E-state index contributed by atoms with van der Waals surface area (Å²) in [5, 5.41) is 3.20. The number of anilines is 1. The summed E-state index contributed by atoms with van der Waals surface area (Å²) in [6.45, 7) is 4.49. The molecule has 100 valence electrons. The Kier molecular flexibility index (Phi) is 5.39. The molecule has 0 aliphatic heterocycles. The lowest BCUT2D eigenvalue weighted by atomic mass is 9.83. The third-order valence-corrected chi connectivity index (χ3v) is 3.41. The smallest absolute Gasteiger partial charge is 0.144 e. The van der Waals surface area contributed by atoms with Gasteiger partial charge in [0.25, 0.3) is 0 Å². The summed E-state index contributed by atoms with van der Waals surface area (Å²) in [5.41, 5.74) is 0.908. The number of aromatic nitrogens is 2. The predicted octanol–water partition coefficient (Wildman–Crippen LogP) is 3.01. The summed E-state index contributed by atoms with van der Waals surface area (Å²) < 4.78 is 5.62. The van der Waals surface area contributed by atoms with Gasteiger partial charge in [0.05, 0.1) is 24.7 Å². The highest BCUT2D eigenvalue weighted by atomic mass is 16.5. The van der Waals surface area contributed by atoms with Crippen LogP contribution in [-0.2, 0) is 11.3 Å². The van der Waals surface area contributed by atoms with E-state index in [1.807, 2.05) is 0 Å². The van der Waals surface area contributed by atoms with Crippen LogP contribution in [0.4, 0.5) is 5.82 Å². The standard InChI is InChI=1S/C14H23N3O/c1-2-7-15-14-10-16-13(9-17-14)11-18-8-6-12-4-3-5-12/h9-10,12H,2-8,11H2,1H3,(H,15,17). The first kappa shape index (κ1) is 13.3. The molecule has 4 heteroatoms. The molecular formula is C14H23N3O. The average Bonchev–Trinajstić information content (AvgIpc) is 2.35. The molecule has 1 N–H and O–H groups in total. The fourth-order valence-electron chi connectivity index (χ4n) is 1.98. The highest BCUT2D eigenvalue weighted by Gasteiger charge is 2.16. The van der Waals surface area contributed by atoms with Crippen molar-refractivity contribution in [2.45, 2.75) is 45.6 Å². The third-order valence-electron chi connectivity index (χ3n) is 3.41. The van der Waals surface area contributed by atoms with E-state index in [-0.39, 0.29) is 0 Å². The predicted molar refractivity (Wildman–Crippen MR) is 72.4 cm³/mol. The minimum atomic E-state index is 0.577. The van der Waals surface area contributed by atoms with Crippen LogP contribution in [-0.4, -0.2) is 23.1 Å². The number of hydrogen-bond donors (Lipinski definition) is 1. The monoisotopic (exact) mass is 249 g/mol. The molecule has 1 fully saturated rings. The highest BCUT2D eigenvalue weighted by Crippen LogP contribution is 2.29. The molecule has 4 nitrogen and oxygen atoms in total. The first-order valence-corrected chi connectivity index (χ1v) is 7.01. The van der Waals surface area contributed by atoms with Crippen molar-refractivity contribution in [2.24, 2.45) is 5.92 Å². The molecule has 1 aliphatic carbocycles. The molecule has 0 spiro atoms. The molecule has 0 bridgehead atoms. The molecular weight excluding hydrogens is 226 g/mol. The zero-order chi connectivity index (χ0) is 12.6. The van der Waals surface area contributed by atoms with Crippen molar-refractivity contribution in [3.05, 3.63) is 18.1 Å². The van der Waals surface area contributed by atoms with Crippen LogP contribution in [0.25, 0.3) is 0 Å². The van der Waals surface area contributed by atoms with Crippen LogP contribution in [0.3, 0.4) is 0 Å². The molecule has 1 saturated carbocycles. The van der Waals surface area contributed by atoms with Crippen LogP contribution >= 0.6 is 0 Å². The summed E-state index contributed by atoms with van der Waals surface area (Å²) in [4.78, 5) is 8.64. The third kappa shape index (κ3) is 4.26. The number of ether oxygens (including phenoxy) is 1. The molecule has 1 aromatic rings. The minimum Gasteiger partial charge on any atom is -0.375 e. The molecule has 0 unspecified atom stereocenters. The Labute approximate surface area is 109 Å². The van der Waals surface area contributed by atoms with Gasteiger partial charge in [0.15, 0.2) is 0 Å². The van der Waals surface area contributed by atoms with E-state index in [4.69, 9.17) is 4.74 Å². The van der Waals surface area contributed by atoms with Gasteiger partial charge in [0.1, 0.15) is 5.82 Å². The van der Waals surface area contributed by atoms with Crippen molar-refractivity contribution in [1.29, 1.82) is 0 Å². The van der Waals surface area contributed by atoms with Gasteiger partial charge in [-0.1, -0.05) is 26.2 Å². The van der Waals surface area contributed by atoms with Crippen molar-refractivity contribution >= 4 is 5.82 Å². The SMILES string of the molecule is CCCNc1cnc(COCCC2CCC2)cn1. The van der Waals surface area contributed by atoms with Gasteiger partial charge in [0.2, 0.25) is 0 Å². The summed E-state index contributed by atoms with van der Waals surface area (Å²) in [5.74, 6) is 1.76. The van der Waals surface area contributed by atoms with Gasteiger partial charge in [0, 0.05) is 13.2 Å². The van der Waals surface area contributed by atoms with Gasteiger partial charge in [-0.15, -0.1) is 0 Å². The van der Waals surface area contributed by atoms with E-state index in [9.17, 15) is 0 Å². The first-order chi connectivity index (χ1) is 8.88. The Hall–Kier alpha value is -1.16. The normalized spacial score (nSPS) is 15.4. The number of hydrogen-bond acceptors (Lipinski definition) is 4. The van der Waals surface area contributed by atoms with E-state index in [1.165, 1.54) is 25.7 Å². The van der Waals surface area contributed by atoms with Gasteiger partial charge in [-0.2, -0.15) is 0 Å². The lowest BCUT2D eigenvalue weighted by Gasteiger charge is -2.24. The van der Waals surface area contributed by atoms with Crippen molar-refractivity contribution < 1.29 is 4.74 Å². The zero-order valence-electron chi connectivity index (χ0n) is 11.2. The van der Waals surface area contributed by atoms with Crippen molar-refractivity contribution in [3.8, 4) is 0 Å². The number of nitrogens with one attached hydrogen (secondary N) is 1. The molecule has 2 rings (SSSR count). The van der Waals surface area contributed by atoms with Crippen LogP contribution in [0.5, 0.6) is 0 Å². The Morgan fingerprint density at radius 3 is 2.83 bits per heavy atom. The first-order valence-electron chi connectivity index (χ1n) is 7.01. The van der Waals surface area contributed by atoms with Gasteiger partial charge in [-0.25, -0.2) is 4.98 Å². The van der Waals surface area contributed by atoms with E-state index in [1.54, 1.807) is 12.4 Å². The van der Waals surface area contributed by atoms with Crippen LogP contribution in [0.1, 0.15) is 44.7 Å². The van der Waals surface area contributed by atoms with Gasteiger partial charge in [-0.3, -0.25) is 4.98 Å². The Bertz CT molecular complexity index is 335. The van der Waals surface area contributed by atoms with Crippen LogP contribution < -0.4 is 5.32 Å². The summed E-state index contributed by atoms with van der Waals surface area (Å²) in [6.07, 6.45) is 10.0. The lowest BCUT2D eigenvalue weighted by molar-refractivity contribution is 0.0927. The second kappa shape index (κ2) is 7.31. The number of nitrogens with zero attached hydrogens (tertiary/aromatic N) is 2. The Morgan fingerprint density at radius 1 is 1.33 bits per heavy atom. The topological polar surface area (TPSA) is 47.0 Å². The van der Waals surface area contributed by atoms with E-state index < -0.39 is 0 Å². The molecule has 1 aliphatic rings.